The van der Waals surface area contributed by atoms with Crippen molar-refractivity contribution in [2.45, 2.75) is 19.1 Å². The van der Waals surface area contributed by atoms with E-state index >= 15 is 0 Å². The van der Waals surface area contributed by atoms with E-state index in [9.17, 15) is 19.4 Å². The molecule has 2 heterocycles. The number of halogens is 1. The number of fused-ring (bicyclic) bond motifs is 1. The number of hydrogen-bond acceptors (Lipinski definition) is 6. The Kier molecular flexibility index (Phi) is 3.96. The van der Waals surface area contributed by atoms with Gasteiger partial charge in [0.05, 0.1) is 23.9 Å². The van der Waals surface area contributed by atoms with Crippen LogP contribution in [0.25, 0.3) is 0 Å². The quantitative estimate of drug-likeness (QED) is 0.780. The molecule has 26 heavy (non-hydrogen) atoms. The van der Waals surface area contributed by atoms with Crippen molar-refractivity contribution >= 4 is 11.7 Å². The fourth-order valence-corrected chi connectivity index (χ4v) is 3.16. The van der Waals surface area contributed by atoms with Crippen LogP contribution in [0.2, 0.25) is 0 Å². The second-order valence-electron chi connectivity index (χ2n) is 6.08. The van der Waals surface area contributed by atoms with Crippen molar-refractivity contribution in [2.75, 3.05) is 6.79 Å². The largest absolute Gasteiger partial charge is 0.507 e. The SMILES string of the molecule is O=C(O)c1cc2c(c(C3CC(c4cc(F)ccc4O)=NN3)c1)OCOC2. The van der Waals surface area contributed by atoms with E-state index in [1.54, 1.807) is 0 Å². The first-order chi connectivity index (χ1) is 12.5. The molecule has 1 atom stereocenters. The summed E-state index contributed by atoms with van der Waals surface area (Å²) in [4.78, 5) is 11.4. The molecule has 7 nitrogen and oxygen atoms in total. The number of aromatic hydroxyl groups is 1. The highest BCUT2D eigenvalue weighted by molar-refractivity contribution is 6.04. The Bertz CT molecular complexity index is 928. The minimum atomic E-state index is -1.05. The number of ether oxygens (including phenoxy) is 2. The summed E-state index contributed by atoms with van der Waals surface area (Å²) < 4.78 is 24.3. The van der Waals surface area contributed by atoms with Gasteiger partial charge < -0.3 is 25.1 Å². The third kappa shape index (κ3) is 2.84. The molecule has 2 aliphatic heterocycles. The first kappa shape index (κ1) is 16.3. The van der Waals surface area contributed by atoms with Gasteiger partial charge in [-0.1, -0.05) is 0 Å². The number of hydrazone groups is 1. The third-order valence-corrected chi connectivity index (χ3v) is 4.38. The number of hydrogen-bond donors (Lipinski definition) is 3. The Hall–Kier alpha value is -3.13. The first-order valence-corrected chi connectivity index (χ1v) is 7.94. The molecule has 2 aromatic rings. The van der Waals surface area contributed by atoms with Crippen LogP contribution in [0.5, 0.6) is 11.5 Å². The fraction of sp³-hybridized carbons (Fsp3) is 0.222. The van der Waals surface area contributed by atoms with Gasteiger partial charge in [0.15, 0.2) is 6.79 Å². The van der Waals surface area contributed by atoms with Crippen LogP contribution in [-0.4, -0.2) is 28.7 Å². The molecule has 3 N–H and O–H groups in total. The number of nitrogens with one attached hydrogen (secondary N) is 1. The summed E-state index contributed by atoms with van der Waals surface area (Å²) in [5, 5.41) is 23.5. The van der Waals surface area contributed by atoms with Crippen molar-refractivity contribution < 1.29 is 28.9 Å². The lowest BCUT2D eigenvalue weighted by Gasteiger charge is -2.23. The molecular formula is C18H15FN2O5. The molecule has 8 heteroatoms. The van der Waals surface area contributed by atoms with Crippen LogP contribution in [0.1, 0.15) is 39.5 Å². The maximum absolute atomic E-state index is 13.5. The number of carboxylic acids is 1. The van der Waals surface area contributed by atoms with Gasteiger partial charge in [0.2, 0.25) is 0 Å². The van der Waals surface area contributed by atoms with E-state index < -0.39 is 11.8 Å². The number of rotatable bonds is 3. The molecule has 2 aromatic carbocycles. The van der Waals surface area contributed by atoms with E-state index in [-0.39, 0.29) is 30.8 Å². The van der Waals surface area contributed by atoms with Crippen molar-refractivity contribution in [1.29, 1.82) is 0 Å². The van der Waals surface area contributed by atoms with Crippen molar-refractivity contribution in [3.05, 3.63) is 58.4 Å². The number of phenolic OH excluding ortho intramolecular Hbond substituents is 1. The molecule has 0 saturated heterocycles. The van der Waals surface area contributed by atoms with Crippen molar-refractivity contribution in [3.63, 3.8) is 0 Å². The maximum Gasteiger partial charge on any atom is 0.335 e. The van der Waals surface area contributed by atoms with Gasteiger partial charge in [0.1, 0.15) is 17.3 Å². The Morgan fingerprint density at radius 1 is 1.31 bits per heavy atom. The third-order valence-electron chi connectivity index (χ3n) is 4.38. The summed E-state index contributed by atoms with van der Waals surface area (Å²) in [5.74, 6) is -1.03. The summed E-state index contributed by atoms with van der Waals surface area (Å²) in [7, 11) is 0. The molecule has 0 fully saturated rings. The Labute approximate surface area is 147 Å². The minimum Gasteiger partial charge on any atom is -0.507 e. The zero-order valence-corrected chi connectivity index (χ0v) is 13.5. The van der Waals surface area contributed by atoms with Crippen molar-refractivity contribution in [3.8, 4) is 11.5 Å². The second-order valence-corrected chi connectivity index (χ2v) is 6.08. The van der Waals surface area contributed by atoms with Gasteiger partial charge in [-0.25, -0.2) is 9.18 Å². The molecule has 0 bridgehead atoms. The molecule has 0 spiro atoms. The monoisotopic (exact) mass is 358 g/mol. The number of carbonyl (C=O) groups is 1. The van der Waals surface area contributed by atoms with Crippen molar-refractivity contribution in [2.24, 2.45) is 5.10 Å². The van der Waals surface area contributed by atoms with Crippen molar-refractivity contribution in [1.82, 2.24) is 5.43 Å². The normalized spacial score (nSPS) is 18.5. The van der Waals surface area contributed by atoms with E-state index in [1.807, 2.05) is 0 Å². The van der Waals surface area contributed by atoms with Gasteiger partial charge in [0, 0.05) is 23.1 Å². The molecule has 1 unspecified atom stereocenters. The standard InChI is InChI=1S/C18H15FN2O5/c19-11-1-2-16(22)12(5-11)14-6-15(21-20-14)13-4-9(18(23)24)3-10-7-25-8-26-17(10)13/h1-5,15,21-22H,6-8H2,(H,23,24). The summed E-state index contributed by atoms with van der Waals surface area (Å²) in [6.45, 7) is 0.339. The van der Waals surface area contributed by atoms with E-state index in [0.717, 1.165) is 0 Å². The Morgan fingerprint density at radius 3 is 2.96 bits per heavy atom. The van der Waals surface area contributed by atoms with Crippen LogP contribution in [0.15, 0.2) is 35.4 Å². The molecule has 0 radical (unpaired) electrons. The van der Waals surface area contributed by atoms with Crippen LogP contribution in [-0.2, 0) is 11.3 Å². The zero-order chi connectivity index (χ0) is 18.3. The molecule has 134 valence electrons. The lowest BCUT2D eigenvalue weighted by Crippen LogP contribution is -2.19. The first-order valence-electron chi connectivity index (χ1n) is 7.94. The Morgan fingerprint density at radius 2 is 2.15 bits per heavy atom. The summed E-state index contributed by atoms with van der Waals surface area (Å²) in [6, 6.07) is 6.35. The van der Waals surface area contributed by atoms with E-state index in [0.29, 0.717) is 34.6 Å². The van der Waals surface area contributed by atoms with Crippen LogP contribution in [0.4, 0.5) is 4.39 Å². The number of nitrogens with zero attached hydrogens (tertiary/aromatic N) is 1. The summed E-state index contributed by atoms with van der Waals surface area (Å²) in [5.41, 5.74) is 5.11. The van der Waals surface area contributed by atoms with Crippen LogP contribution < -0.4 is 10.2 Å². The molecule has 0 aromatic heterocycles. The summed E-state index contributed by atoms with van der Waals surface area (Å²) in [6.07, 6.45) is 0.344. The van der Waals surface area contributed by atoms with Gasteiger partial charge in [-0.15, -0.1) is 0 Å². The predicted molar refractivity (Wildman–Crippen MR) is 88.8 cm³/mol. The number of carboxylic acid groups (broad SMARTS) is 1. The van der Waals surface area contributed by atoms with Crippen LogP contribution in [0.3, 0.4) is 0 Å². The lowest BCUT2D eigenvalue weighted by atomic mass is 9.94. The molecule has 2 aliphatic rings. The van der Waals surface area contributed by atoms with Gasteiger partial charge in [-0.05, 0) is 30.3 Å². The molecule has 4 rings (SSSR count). The molecule has 0 aliphatic carbocycles. The topological polar surface area (TPSA) is 100 Å². The zero-order valence-electron chi connectivity index (χ0n) is 13.5. The fourth-order valence-electron chi connectivity index (χ4n) is 3.16. The second kappa shape index (κ2) is 6.30. The highest BCUT2D eigenvalue weighted by atomic mass is 19.1. The van der Waals surface area contributed by atoms with Gasteiger partial charge in [0.25, 0.3) is 0 Å². The average molecular weight is 358 g/mol. The van der Waals surface area contributed by atoms with E-state index in [4.69, 9.17) is 9.47 Å². The van der Waals surface area contributed by atoms with Gasteiger partial charge in [-0.2, -0.15) is 5.10 Å². The van der Waals surface area contributed by atoms with Gasteiger partial charge >= 0.3 is 5.97 Å². The van der Waals surface area contributed by atoms with Gasteiger partial charge in [-0.3, -0.25) is 0 Å². The number of benzene rings is 2. The highest BCUT2D eigenvalue weighted by Gasteiger charge is 2.29. The average Bonchev–Trinajstić information content (AvgIpc) is 3.12. The number of aromatic carboxylic acids is 1. The predicted octanol–water partition coefficient (Wildman–Crippen LogP) is 2.53. The molecule has 0 amide bonds. The minimum absolute atomic E-state index is 0.0708. The van der Waals surface area contributed by atoms with Crippen LogP contribution >= 0.6 is 0 Å². The highest BCUT2D eigenvalue weighted by Crippen LogP contribution is 2.38. The Balaban J connectivity index is 1.68. The lowest BCUT2D eigenvalue weighted by molar-refractivity contribution is -0.0173. The van der Waals surface area contributed by atoms with Crippen LogP contribution in [0, 0.1) is 5.82 Å². The number of phenols is 1. The smallest absolute Gasteiger partial charge is 0.335 e. The molecular weight excluding hydrogens is 343 g/mol. The molecule has 0 saturated carbocycles. The summed E-state index contributed by atoms with van der Waals surface area (Å²) >= 11 is 0. The maximum atomic E-state index is 13.5. The van der Waals surface area contributed by atoms with E-state index in [1.165, 1.54) is 30.3 Å². The van der Waals surface area contributed by atoms with E-state index in [2.05, 4.69) is 10.5 Å².